The number of aromatic nitrogens is 2. The second-order valence-corrected chi connectivity index (χ2v) is 6.52. The minimum atomic E-state index is -1.06. The molecule has 2 heterocycles. The first-order chi connectivity index (χ1) is 12.7. The van der Waals surface area contributed by atoms with Crippen LogP contribution in [0.1, 0.15) is 34.5 Å². The van der Waals surface area contributed by atoms with Gasteiger partial charge >= 0.3 is 0 Å². The maximum atomic E-state index is 12.4. The van der Waals surface area contributed by atoms with Crippen LogP contribution in [0.25, 0.3) is 11.4 Å². The zero-order valence-electron chi connectivity index (χ0n) is 14.2. The summed E-state index contributed by atoms with van der Waals surface area (Å²) in [5.41, 5.74) is 2.09. The highest BCUT2D eigenvalue weighted by Crippen LogP contribution is 2.34. The van der Waals surface area contributed by atoms with Crippen LogP contribution in [0.3, 0.4) is 0 Å². The van der Waals surface area contributed by atoms with Gasteiger partial charge in [-0.05, 0) is 42.5 Å². The molecular weight excluding hydrogens is 330 g/mol. The first kappa shape index (κ1) is 16.5. The van der Waals surface area contributed by atoms with E-state index in [4.69, 9.17) is 4.52 Å². The Morgan fingerprint density at radius 2 is 2.04 bits per heavy atom. The number of fused-ring (bicyclic) bond motifs is 1. The standard InChI is InChI=1S/C20H19N3O3/c24-19(18-12-17(23-26-18)16-9-3-4-11-21-16)22-13-20(25)10-5-7-14-6-1-2-8-15(14)20/h1-4,6,8-9,11-12,25H,5,7,10,13H2,(H,22,24)/t20-/m0/s1. The Morgan fingerprint density at radius 3 is 2.88 bits per heavy atom. The van der Waals surface area contributed by atoms with Crippen molar-refractivity contribution in [2.24, 2.45) is 0 Å². The quantitative estimate of drug-likeness (QED) is 0.756. The Labute approximate surface area is 150 Å². The molecule has 0 unspecified atom stereocenters. The SMILES string of the molecule is O=C(NC[C@@]1(O)CCCc2ccccc21)c1cc(-c2ccccn2)no1. The number of rotatable bonds is 4. The summed E-state index contributed by atoms with van der Waals surface area (Å²) >= 11 is 0. The number of nitrogens with one attached hydrogen (secondary N) is 1. The van der Waals surface area contributed by atoms with Crippen molar-refractivity contribution < 1.29 is 14.4 Å². The molecule has 2 N–H and O–H groups in total. The van der Waals surface area contributed by atoms with Crippen LogP contribution in [0, 0.1) is 0 Å². The summed E-state index contributed by atoms with van der Waals surface area (Å²) < 4.78 is 5.14. The van der Waals surface area contributed by atoms with Crippen molar-refractivity contribution in [3.8, 4) is 11.4 Å². The molecule has 1 aliphatic carbocycles. The van der Waals surface area contributed by atoms with Crippen LogP contribution in [0.5, 0.6) is 0 Å². The summed E-state index contributed by atoms with van der Waals surface area (Å²) in [7, 11) is 0. The van der Waals surface area contributed by atoms with Crippen LogP contribution in [-0.4, -0.2) is 27.7 Å². The number of hydrogen-bond donors (Lipinski definition) is 2. The molecule has 0 saturated carbocycles. The minimum absolute atomic E-state index is 0.0957. The molecule has 0 saturated heterocycles. The number of carbonyl (C=O) groups excluding carboxylic acids is 1. The number of carbonyl (C=O) groups is 1. The summed E-state index contributed by atoms with van der Waals surface area (Å²) in [6.45, 7) is 0.127. The van der Waals surface area contributed by atoms with Gasteiger partial charge in [0.2, 0.25) is 5.76 Å². The van der Waals surface area contributed by atoms with Gasteiger partial charge < -0.3 is 14.9 Å². The molecule has 1 aromatic carbocycles. The molecular formula is C20H19N3O3. The van der Waals surface area contributed by atoms with E-state index < -0.39 is 11.5 Å². The molecule has 0 aliphatic heterocycles. The monoisotopic (exact) mass is 349 g/mol. The van der Waals surface area contributed by atoms with Crippen LogP contribution in [0.2, 0.25) is 0 Å². The van der Waals surface area contributed by atoms with Crippen molar-refractivity contribution >= 4 is 5.91 Å². The van der Waals surface area contributed by atoms with E-state index in [9.17, 15) is 9.90 Å². The van der Waals surface area contributed by atoms with Crippen LogP contribution >= 0.6 is 0 Å². The van der Waals surface area contributed by atoms with Gasteiger partial charge in [-0.15, -0.1) is 0 Å². The van der Waals surface area contributed by atoms with E-state index in [-0.39, 0.29) is 12.3 Å². The second kappa shape index (κ2) is 6.72. The van der Waals surface area contributed by atoms with Gasteiger partial charge in [-0.25, -0.2) is 0 Å². The lowest BCUT2D eigenvalue weighted by Crippen LogP contribution is -2.42. The van der Waals surface area contributed by atoms with Gasteiger partial charge in [-0.2, -0.15) is 0 Å². The summed E-state index contributed by atoms with van der Waals surface area (Å²) in [4.78, 5) is 16.6. The van der Waals surface area contributed by atoms with E-state index in [1.807, 2.05) is 30.3 Å². The Balaban J connectivity index is 1.47. The summed E-state index contributed by atoms with van der Waals surface area (Å²) in [5.74, 6) is -0.311. The third-order valence-electron chi connectivity index (χ3n) is 4.76. The van der Waals surface area contributed by atoms with Crippen molar-refractivity contribution in [2.45, 2.75) is 24.9 Å². The second-order valence-electron chi connectivity index (χ2n) is 6.52. The number of hydrogen-bond acceptors (Lipinski definition) is 5. The van der Waals surface area contributed by atoms with Gasteiger partial charge in [-0.1, -0.05) is 35.5 Å². The van der Waals surface area contributed by atoms with Crippen LogP contribution in [0.15, 0.2) is 59.3 Å². The maximum Gasteiger partial charge on any atom is 0.290 e. The number of nitrogens with zero attached hydrogens (tertiary/aromatic N) is 2. The average molecular weight is 349 g/mol. The highest BCUT2D eigenvalue weighted by atomic mass is 16.5. The van der Waals surface area contributed by atoms with Gasteiger partial charge in [0.15, 0.2) is 0 Å². The lowest BCUT2D eigenvalue weighted by Gasteiger charge is -2.34. The minimum Gasteiger partial charge on any atom is -0.383 e. The van der Waals surface area contributed by atoms with Gasteiger partial charge in [0.05, 0.1) is 12.2 Å². The van der Waals surface area contributed by atoms with E-state index in [1.54, 1.807) is 24.4 Å². The summed E-state index contributed by atoms with van der Waals surface area (Å²) in [6, 6.07) is 14.8. The fraction of sp³-hybridized carbons (Fsp3) is 0.250. The fourth-order valence-corrected chi connectivity index (χ4v) is 3.41. The smallest absolute Gasteiger partial charge is 0.290 e. The molecule has 4 rings (SSSR count). The molecule has 1 amide bonds. The predicted octanol–water partition coefficient (Wildman–Crippen LogP) is 2.69. The molecule has 0 fully saturated rings. The van der Waals surface area contributed by atoms with Crippen molar-refractivity contribution in [3.05, 3.63) is 71.6 Å². The largest absolute Gasteiger partial charge is 0.383 e. The average Bonchev–Trinajstić information content (AvgIpc) is 3.18. The van der Waals surface area contributed by atoms with E-state index >= 15 is 0 Å². The Hall–Kier alpha value is -2.99. The van der Waals surface area contributed by atoms with E-state index in [2.05, 4.69) is 15.5 Å². The highest BCUT2D eigenvalue weighted by molar-refractivity contribution is 5.92. The van der Waals surface area contributed by atoms with E-state index in [0.29, 0.717) is 17.8 Å². The number of pyridine rings is 1. The molecule has 2 aromatic heterocycles. The number of amides is 1. The van der Waals surface area contributed by atoms with Crippen LogP contribution in [-0.2, 0) is 12.0 Å². The molecule has 1 aliphatic rings. The molecule has 6 nitrogen and oxygen atoms in total. The van der Waals surface area contributed by atoms with E-state index in [1.165, 1.54) is 0 Å². The van der Waals surface area contributed by atoms with Crippen molar-refractivity contribution in [3.63, 3.8) is 0 Å². The first-order valence-corrected chi connectivity index (χ1v) is 8.63. The Bertz CT molecular complexity index is 923. The lowest BCUT2D eigenvalue weighted by molar-refractivity contribution is 0.0185. The molecule has 1 atom stereocenters. The van der Waals surface area contributed by atoms with Crippen molar-refractivity contribution in [1.29, 1.82) is 0 Å². The Morgan fingerprint density at radius 1 is 1.19 bits per heavy atom. The molecule has 0 radical (unpaired) electrons. The van der Waals surface area contributed by atoms with Gasteiger partial charge in [0, 0.05) is 12.3 Å². The number of aliphatic hydroxyl groups is 1. The van der Waals surface area contributed by atoms with Gasteiger partial charge in [0.1, 0.15) is 11.3 Å². The van der Waals surface area contributed by atoms with Gasteiger partial charge in [-0.3, -0.25) is 9.78 Å². The topological polar surface area (TPSA) is 88.2 Å². The normalized spacial score (nSPS) is 19.0. The number of benzene rings is 1. The fourth-order valence-electron chi connectivity index (χ4n) is 3.41. The summed E-state index contributed by atoms with van der Waals surface area (Å²) in [6.07, 6.45) is 4.09. The van der Waals surface area contributed by atoms with Crippen LogP contribution < -0.4 is 5.32 Å². The number of aryl methyl sites for hydroxylation is 1. The predicted molar refractivity (Wildman–Crippen MR) is 95.3 cm³/mol. The van der Waals surface area contributed by atoms with E-state index in [0.717, 1.165) is 24.0 Å². The van der Waals surface area contributed by atoms with Gasteiger partial charge in [0.25, 0.3) is 5.91 Å². The van der Waals surface area contributed by atoms with Crippen molar-refractivity contribution in [2.75, 3.05) is 6.54 Å². The van der Waals surface area contributed by atoms with Crippen LogP contribution in [0.4, 0.5) is 0 Å². The van der Waals surface area contributed by atoms with Crippen molar-refractivity contribution in [1.82, 2.24) is 15.5 Å². The first-order valence-electron chi connectivity index (χ1n) is 8.63. The molecule has 0 spiro atoms. The summed E-state index contributed by atoms with van der Waals surface area (Å²) in [5, 5.41) is 17.7. The molecule has 3 aromatic rings. The Kier molecular flexibility index (Phi) is 4.26. The maximum absolute atomic E-state index is 12.4. The molecule has 26 heavy (non-hydrogen) atoms. The molecule has 6 heteroatoms. The zero-order valence-corrected chi connectivity index (χ0v) is 14.2. The third kappa shape index (κ3) is 3.11. The molecule has 132 valence electrons. The third-order valence-corrected chi connectivity index (χ3v) is 4.76. The lowest BCUT2D eigenvalue weighted by atomic mass is 9.79. The zero-order chi connectivity index (χ0) is 18.0. The highest BCUT2D eigenvalue weighted by Gasteiger charge is 2.34. The molecule has 0 bridgehead atoms.